The highest BCUT2D eigenvalue weighted by atomic mass is 35.5. The minimum atomic E-state index is -4.80. The average Bonchev–Trinajstić information content (AvgIpc) is 2.60. The molecule has 0 aromatic heterocycles. The van der Waals surface area contributed by atoms with Gasteiger partial charge in [0.25, 0.3) is 5.91 Å². The number of ether oxygens (including phenoxy) is 1. The molecule has 3 nitrogen and oxygen atoms in total. The molecular formula is C17H11ClF7NO2. The number of hydrogen-bond donors (Lipinski definition) is 1. The fraction of sp³-hybridized carbons (Fsp3) is 0.235. The molecule has 0 bridgehead atoms. The Morgan fingerprint density at radius 2 is 1.64 bits per heavy atom. The van der Waals surface area contributed by atoms with E-state index in [-0.39, 0.29) is 5.56 Å². The van der Waals surface area contributed by atoms with Gasteiger partial charge in [0, 0.05) is 10.6 Å². The minimum Gasteiger partial charge on any atom is -0.485 e. The summed E-state index contributed by atoms with van der Waals surface area (Å²) in [5.41, 5.74) is -1.81. The molecule has 0 unspecified atom stereocenters. The van der Waals surface area contributed by atoms with Gasteiger partial charge >= 0.3 is 18.5 Å². The molecule has 152 valence electrons. The Kier molecular flexibility index (Phi) is 6.43. The van der Waals surface area contributed by atoms with E-state index in [0.29, 0.717) is 23.2 Å². The first-order valence-electron chi connectivity index (χ1n) is 7.47. The van der Waals surface area contributed by atoms with E-state index in [9.17, 15) is 35.5 Å². The summed E-state index contributed by atoms with van der Waals surface area (Å²) in [7, 11) is 0. The molecule has 0 aliphatic rings. The lowest BCUT2D eigenvalue weighted by atomic mass is 10.1. The maximum Gasteiger partial charge on any atom is 0.416 e. The van der Waals surface area contributed by atoms with Gasteiger partial charge in [-0.1, -0.05) is 11.6 Å². The Labute approximate surface area is 159 Å². The van der Waals surface area contributed by atoms with E-state index in [2.05, 4.69) is 10.1 Å². The van der Waals surface area contributed by atoms with Crippen LogP contribution in [0.25, 0.3) is 0 Å². The van der Waals surface area contributed by atoms with Crippen LogP contribution in [-0.4, -0.2) is 24.9 Å². The van der Waals surface area contributed by atoms with Crippen molar-refractivity contribution in [2.24, 2.45) is 0 Å². The molecule has 0 spiro atoms. The van der Waals surface area contributed by atoms with Gasteiger partial charge in [0.05, 0.1) is 11.3 Å². The molecule has 0 heterocycles. The number of amides is 1. The SMILES string of the molecule is O=C(Nc1cc(C(F)(F)F)ccc1OCC(F)(F)C(F)F)c1ccc(Cl)cc1. The zero-order valence-corrected chi connectivity index (χ0v) is 14.4. The average molecular weight is 430 g/mol. The molecule has 2 aromatic carbocycles. The van der Waals surface area contributed by atoms with Crippen LogP contribution in [0.5, 0.6) is 5.75 Å². The number of halogens is 8. The van der Waals surface area contributed by atoms with Crippen molar-refractivity contribution in [3.05, 3.63) is 58.6 Å². The highest BCUT2D eigenvalue weighted by Crippen LogP contribution is 2.36. The molecule has 1 amide bonds. The van der Waals surface area contributed by atoms with Crippen LogP contribution in [0.1, 0.15) is 15.9 Å². The van der Waals surface area contributed by atoms with Crippen molar-refractivity contribution >= 4 is 23.2 Å². The van der Waals surface area contributed by atoms with Crippen LogP contribution < -0.4 is 10.1 Å². The van der Waals surface area contributed by atoms with Gasteiger partial charge in [-0.3, -0.25) is 4.79 Å². The predicted molar refractivity (Wildman–Crippen MR) is 87.3 cm³/mol. The lowest BCUT2D eigenvalue weighted by Gasteiger charge is -2.19. The van der Waals surface area contributed by atoms with Crippen molar-refractivity contribution < 1.29 is 40.3 Å². The summed E-state index contributed by atoms with van der Waals surface area (Å²) in [6.45, 7) is -1.79. The van der Waals surface area contributed by atoms with Crippen LogP contribution in [0.3, 0.4) is 0 Å². The number of alkyl halides is 7. The lowest BCUT2D eigenvalue weighted by Crippen LogP contribution is -2.34. The standard InChI is InChI=1S/C17H11ClF7NO2/c18-11-4-1-9(2-5-11)14(27)26-12-7-10(17(23,24)25)3-6-13(12)28-8-16(21,22)15(19)20/h1-7,15H,8H2,(H,26,27). The van der Waals surface area contributed by atoms with Crippen molar-refractivity contribution in [3.63, 3.8) is 0 Å². The van der Waals surface area contributed by atoms with Gasteiger partial charge in [-0.05, 0) is 42.5 Å². The zero-order chi connectivity index (χ0) is 21.1. The third-order valence-corrected chi connectivity index (χ3v) is 3.65. The Balaban J connectivity index is 2.32. The summed E-state index contributed by atoms with van der Waals surface area (Å²) in [5.74, 6) is -6.04. The van der Waals surface area contributed by atoms with Gasteiger partial charge in [0.2, 0.25) is 0 Å². The highest BCUT2D eigenvalue weighted by molar-refractivity contribution is 6.30. The number of carbonyl (C=O) groups excluding carboxylic acids is 1. The molecule has 0 atom stereocenters. The fourth-order valence-electron chi connectivity index (χ4n) is 1.96. The largest absolute Gasteiger partial charge is 0.485 e. The molecule has 0 fully saturated rings. The minimum absolute atomic E-state index is 0.00525. The molecule has 1 N–H and O–H groups in total. The van der Waals surface area contributed by atoms with Gasteiger partial charge in [0.1, 0.15) is 5.75 Å². The van der Waals surface area contributed by atoms with Crippen LogP contribution >= 0.6 is 11.6 Å². The second-order valence-electron chi connectivity index (χ2n) is 5.52. The number of benzene rings is 2. The zero-order valence-electron chi connectivity index (χ0n) is 13.7. The van der Waals surface area contributed by atoms with Crippen LogP contribution in [0.15, 0.2) is 42.5 Å². The number of carbonyl (C=O) groups is 1. The molecule has 0 aliphatic carbocycles. The maximum absolute atomic E-state index is 13.0. The summed E-state index contributed by atoms with van der Waals surface area (Å²) in [6.07, 6.45) is -8.83. The first-order valence-corrected chi connectivity index (χ1v) is 7.85. The number of nitrogens with one attached hydrogen (secondary N) is 1. The summed E-state index contributed by atoms with van der Waals surface area (Å²) in [5, 5.41) is 2.38. The fourth-order valence-corrected chi connectivity index (χ4v) is 2.09. The first kappa shape index (κ1) is 21.8. The van der Waals surface area contributed by atoms with E-state index in [1.165, 1.54) is 24.3 Å². The first-order chi connectivity index (χ1) is 12.9. The Bertz CT molecular complexity index is 838. The van der Waals surface area contributed by atoms with Crippen molar-refractivity contribution in [3.8, 4) is 5.75 Å². The monoisotopic (exact) mass is 429 g/mol. The molecule has 2 aromatic rings. The molecule has 0 aliphatic heterocycles. The van der Waals surface area contributed by atoms with Gasteiger partial charge < -0.3 is 10.1 Å². The predicted octanol–water partition coefficient (Wildman–Crippen LogP) is 5.89. The van der Waals surface area contributed by atoms with E-state index in [1.807, 2.05) is 0 Å². The quantitative estimate of drug-likeness (QED) is 0.581. The van der Waals surface area contributed by atoms with Gasteiger partial charge in [0.15, 0.2) is 6.61 Å². The second-order valence-corrected chi connectivity index (χ2v) is 5.96. The van der Waals surface area contributed by atoms with Crippen LogP contribution in [0.2, 0.25) is 5.02 Å². The molecule has 0 radical (unpaired) electrons. The third-order valence-electron chi connectivity index (χ3n) is 3.40. The molecule has 28 heavy (non-hydrogen) atoms. The summed E-state index contributed by atoms with van der Waals surface area (Å²) in [4.78, 5) is 12.2. The number of anilines is 1. The van der Waals surface area contributed by atoms with E-state index in [4.69, 9.17) is 11.6 Å². The van der Waals surface area contributed by atoms with Crippen molar-refractivity contribution in [1.82, 2.24) is 0 Å². The number of rotatable bonds is 6. The van der Waals surface area contributed by atoms with E-state index < -0.39 is 48.0 Å². The molecule has 0 saturated carbocycles. The molecule has 2 rings (SSSR count). The van der Waals surface area contributed by atoms with Gasteiger partial charge in [-0.25, -0.2) is 8.78 Å². The van der Waals surface area contributed by atoms with Crippen LogP contribution in [0.4, 0.5) is 36.4 Å². The van der Waals surface area contributed by atoms with E-state index >= 15 is 0 Å². The lowest BCUT2D eigenvalue weighted by molar-refractivity contribution is -0.148. The smallest absolute Gasteiger partial charge is 0.416 e. The van der Waals surface area contributed by atoms with Gasteiger partial charge in [-0.2, -0.15) is 22.0 Å². The second kappa shape index (κ2) is 8.26. The van der Waals surface area contributed by atoms with Crippen molar-refractivity contribution in [2.75, 3.05) is 11.9 Å². The topological polar surface area (TPSA) is 38.3 Å². The molecular weight excluding hydrogens is 419 g/mol. The summed E-state index contributed by atoms with van der Waals surface area (Å²) in [6, 6.07) is 6.86. The highest BCUT2D eigenvalue weighted by Gasteiger charge is 2.42. The third kappa shape index (κ3) is 5.51. The van der Waals surface area contributed by atoms with Crippen LogP contribution in [-0.2, 0) is 6.18 Å². The van der Waals surface area contributed by atoms with Crippen LogP contribution in [0, 0.1) is 0 Å². The Hall–Kier alpha value is -2.49. The summed E-state index contributed by atoms with van der Waals surface area (Å²) >= 11 is 5.67. The Morgan fingerprint density at radius 1 is 1.04 bits per heavy atom. The molecule has 0 saturated heterocycles. The van der Waals surface area contributed by atoms with Crippen molar-refractivity contribution in [1.29, 1.82) is 0 Å². The van der Waals surface area contributed by atoms with Gasteiger partial charge in [-0.15, -0.1) is 0 Å². The van der Waals surface area contributed by atoms with Crippen molar-refractivity contribution in [2.45, 2.75) is 18.5 Å². The maximum atomic E-state index is 13.0. The van der Waals surface area contributed by atoms with E-state index in [1.54, 1.807) is 0 Å². The normalized spacial score (nSPS) is 12.2. The number of hydrogen-bond acceptors (Lipinski definition) is 2. The summed E-state index contributed by atoms with van der Waals surface area (Å²) < 4.78 is 93.8. The Morgan fingerprint density at radius 3 is 2.18 bits per heavy atom. The van der Waals surface area contributed by atoms with E-state index in [0.717, 1.165) is 0 Å². The molecule has 11 heteroatoms.